The number of carbonyl (C=O) groups is 2. The highest BCUT2D eigenvalue weighted by Crippen LogP contribution is 2.42. The number of anilines is 1. The molecule has 2 saturated heterocycles. The number of benzene rings is 1. The van der Waals surface area contributed by atoms with Crippen LogP contribution >= 0.6 is 11.3 Å². The molecule has 2 aromatic rings. The Bertz CT molecular complexity index is 1120. The van der Waals surface area contributed by atoms with Crippen molar-refractivity contribution in [2.24, 2.45) is 5.92 Å². The Morgan fingerprint density at radius 2 is 2.00 bits per heavy atom. The van der Waals surface area contributed by atoms with Gasteiger partial charge in [-0.3, -0.25) is 14.5 Å². The monoisotopic (exact) mass is 480 g/mol. The molecular formula is C21H28N4O5S2. The summed E-state index contributed by atoms with van der Waals surface area (Å²) in [6, 6.07) is 6.87. The van der Waals surface area contributed by atoms with Crippen molar-refractivity contribution in [1.82, 2.24) is 13.6 Å². The standard InChI is InChI=1S/C21H28N4O5S2/c1-13-18-15(25(19(13)27)20-22-14-8-6-7-9-16(14)31-20)10-11-24(18)32(28,29)23(5)12-17(26)30-21(2,3)4/h6-9,13,15,18H,10-12H2,1-5H3/t13-,15-,18+/m0/s1. The van der Waals surface area contributed by atoms with Gasteiger partial charge in [0, 0.05) is 13.6 Å². The molecule has 2 fully saturated rings. The highest BCUT2D eigenvalue weighted by molar-refractivity contribution is 7.86. The molecule has 2 aliphatic heterocycles. The molecule has 2 aliphatic rings. The summed E-state index contributed by atoms with van der Waals surface area (Å²) in [6.45, 7) is 6.83. The molecule has 0 saturated carbocycles. The number of rotatable bonds is 5. The molecule has 9 nitrogen and oxygen atoms in total. The van der Waals surface area contributed by atoms with Crippen molar-refractivity contribution in [3.8, 4) is 0 Å². The number of likely N-dealkylation sites (N-methyl/N-ethyl adjacent to an activating group) is 1. The molecule has 32 heavy (non-hydrogen) atoms. The lowest BCUT2D eigenvalue weighted by Crippen LogP contribution is -2.49. The normalized spacial score (nSPS) is 24.5. The number of fused-ring (bicyclic) bond motifs is 2. The second-order valence-electron chi connectivity index (χ2n) is 9.27. The first-order valence-electron chi connectivity index (χ1n) is 10.5. The van der Waals surface area contributed by atoms with Crippen LogP contribution in [0, 0.1) is 5.92 Å². The Morgan fingerprint density at radius 1 is 1.31 bits per heavy atom. The predicted molar refractivity (Wildman–Crippen MR) is 123 cm³/mol. The summed E-state index contributed by atoms with van der Waals surface area (Å²) in [5.74, 6) is -1.26. The Kier molecular flexibility index (Phi) is 5.81. The maximum absolute atomic E-state index is 13.3. The topological polar surface area (TPSA) is 100 Å². The van der Waals surface area contributed by atoms with Crippen molar-refractivity contribution < 1.29 is 22.7 Å². The summed E-state index contributed by atoms with van der Waals surface area (Å²) in [5.41, 5.74) is 0.112. The van der Waals surface area contributed by atoms with E-state index in [1.807, 2.05) is 24.3 Å². The Morgan fingerprint density at radius 3 is 2.66 bits per heavy atom. The number of hydrogen-bond donors (Lipinski definition) is 0. The van der Waals surface area contributed by atoms with Gasteiger partial charge in [0.25, 0.3) is 10.2 Å². The minimum Gasteiger partial charge on any atom is -0.459 e. The smallest absolute Gasteiger partial charge is 0.321 e. The number of ether oxygens (including phenoxy) is 1. The van der Waals surface area contributed by atoms with Crippen LogP contribution in [-0.4, -0.2) is 71.7 Å². The van der Waals surface area contributed by atoms with Crippen LogP contribution in [-0.2, 0) is 24.5 Å². The van der Waals surface area contributed by atoms with E-state index in [2.05, 4.69) is 4.98 Å². The Balaban J connectivity index is 1.57. The van der Waals surface area contributed by atoms with Gasteiger partial charge in [0.05, 0.1) is 28.2 Å². The molecule has 11 heteroatoms. The third kappa shape index (κ3) is 4.02. The maximum Gasteiger partial charge on any atom is 0.321 e. The quantitative estimate of drug-likeness (QED) is 0.609. The van der Waals surface area contributed by atoms with Gasteiger partial charge in [0.2, 0.25) is 5.91 Å². The van der Waals surface area contributed by atoms with E-state index in [1.165, 1.54) is 22.7 Å². The molecule has 3 heterocycles. The first-order chi connectivity index (χ1) is 14.9. The van der Waals surface area contributed by atoms with Crippen LogP contribution < -0.4 is 4.90 Å². The van der Waals surface area contributed by atoms with Crippen molar-refractivity contribution in [2.45, 2.75) is 51.8 Å². The molecule has 1 amide bonds. The molecule has 4 rings (SSSR count). The van der Waals surface area contributed by atoms with Crippen LogP contribution in [0.25, 0.3) is 10.2 Å². The summed E-state index contributed by atoms with van der Waals surface area (Å²) in [5, 5.41) is 0.594. The second-order valence-corrected chi connectivity index (χ2v) is 12.3. The number of aromatic nitrogens is 1. The molecular weight excluding hydrogens is 452 g/mol. The van der Waals surface area contributed by atoms with E-state index in [-0.39, 0.29) is 18.5 Å². The molecule has 0 N–H and O–H groups in total. The van der Waals surface area contributed by atoms with Crippen LogP contribution in [0.2, 0.25) is 0 Å². The van der Waals surface area contributed by atoms with Gasteiger partial charge < -0.3 is 4.74 Å². The van der Waals surface area contributed by atoms with Crippen LogP contribution in [0.5, 0.6) is 0 Å². The summed E-state index contributed by atoms with van der Waals surface area (Å²) in [4.78, 5) is 31.6. The fourth-order valence-corrected chi connectivity index (χ4v) is 7.07. The molecule has 0 bridgehead atoms. The van der Waals surface area contributed by atoms with Crippen molar-refractivity contribution >= 4 is 48.8 Å². The number of nitrogens with zero attached hydrogens (tertiary/aromatic N) is 4. The van der Waals surface area contributed by atoms with E-state index in [0.29, 0.717) is 11.6 Å². The minimum absolute atomic E-state index is 0.131. The number of carbonyl (C=O) groups excluding carboxylic acids is 2. The molecule has 174 valence electrons. The van der Waals surface area contributed by atoms with Gasteiger partial charge in [0.15, 0.2) is 5.13 Å². The van der Waals surface area contributed by atoms with E-state index in [0.717, 1.165) is 14.5 Å². The number of hydrogen-bond acceptors (Lipinski definition) is 7. The fourth-order valence-electron chi connectivity index (χ4n) is 4.45. The lowest BCUT2D eigenvalue weighted by Gasteiger charge is -2.30. The van der Waals surface area contributed by atoms with E-state index < -0.39 is 40.3 Å². The second kappa shape index (κ2) is 8.05. The van der Waals surface area contributed by atoms with Gasteiger partial charge in [0.1, 0.15) is 12.1 Å². The zero-order valence-electron chi connectivity index (χ0n) is 18.8. The molecule has 0 aliphatic carbocycles. The van der Waals surface area contributed by atoms with E-state index >= 15 is 0 Å². The van der Waals surface area contributed by atoms with E-state index in [1.54, 1.807) is 32.6 Å². The van der Waals surface area contributed by atoms with Crippen molar-refractivity contribution in [2.75, 3.05) is 25.0 Å². The highest BCUT2D eigenvalue weighted by atomic mass is 32.2. The van der Waals surface area contributed by atoms with E-state index in [9.17, 15) is 18.0 Å². The molecule has 1 aromatic carbocycles. The predicted octanol–water partition coefficient (Wildman–Crippen LogP) is 2.24. The third-order valence-corrected chi connectivity index (χ3v) is 8.76. The molecule has 0 unspecified atom stereocenters. The SMILES string of the molecule is C[C@@H]1C(=O)N(c2nc3ccccc3s2)[C@H]2CCN(S(=O)(=O)N(C)CC(=O)OC(C)(C)C)[C@H]12. The lowest BCUT2D eigenvalue weighted by atomic mass is 10.0. The zero-order chi connectivity index (χ0) is 23.4. The zero-order valence-corrected chi connectivity index (χ0v) is 20.4. The average Bonchev–Trinajstić information content (AvgIpc) is 3.35. The van der Waals surface area contributed by atoms with Gasteiger partial charge in [-0.1, -0.05) is 30.4 Å². The summed E-state index contributed by atoms with van der Waals surface area (Å²) >= 11 is 1.43. The molecule has 0 spiro atoms. The number of amides is 1. The first-order valence-corrected chi connectivity index (χ1v) is 12.7. The van der Waals surface area contributed by atoms with Crippen molar-refractivity contribution in [1.29, 1.82) is 0 Å². The molecule has 1 aromatic heterocycles. The fraction of sp³-hybridized carbons (Fsp3) is 0.571. The van der Waals surface area contributed by atoms with Crippen molar-refractivity contribution in [3.05, 3.63) is 24.3 Å². The lowest BCUT2D eigenvalue weighted by molar-refractivity contribution is -0.154. The van der Waals surface area contributed by atoms with Gasteiger partial charge >= 0.3 is 5.97 Å². The molecule has 0 radical (unpaired) electrons. The van der Waals surface area contributed by atoms with Gasteiger partial charge in [-0.05, 0) is 39.3 Å². The van der Waals surface area contributed by atoms with Gasteiger partial charge in [-0.25, -0.2) is 4.98 Å². The van der Waals surface area contributed by atoms with Crippen LogP contribution in [0.4, 0.5) is 5.13 Å². The van der Waals surface area contributed by atoms with Crippen LogP contribution in [0.1, 0.15) is 34.1 Å². The first kappa shape index (κ1) is 23.1. The van der Waals surface area contributed by atoms with Crippen LogP contribution in [0.3, 0.4) is 0 Å². The highest BCUT2D eigenvalue weighted by Gasteiger charge is 2.56. The number of esters is 1. The third-order valence-electron chi connectivity index (χ3n) is 5.79. The maximum atomic E-state index is 13.3. The van der Waals surface area contributed by atoms with Crippen molar-refractivity contribution in [3.63, 3.8) is 0 Å². The van der Waals surface area contributed by atoms with Gasteiger partial charge in [-0.2, -0.15) is 17.0 Å². The summed E-state index contributed by atoms with van der Waals surface area (Å²) in [6.07, 6.45) is 0.510. The summed E-state index contributed by atoms with van der Waals surface area (Å²) in [7, 11) is -2.60. The summed E-state index contributed by atoms with van der Waals surface area (Å²) < 4.78 is 35.2. The number of para-hydroxylation sites is 1. The molecule has 3 atom stereocenters. The Hall–Kier alpha value is -2.08. The average molecular weight is 481 g/mol. The van der Waals surface area contributed by atoms with Crippen LogP contribution in [0.15, 0.2) is 24.3 Å². The number of thiazole rings is 1. The minimum atomic E-state index is -3.96. The largest absolute Gasteiger partial charge is 0.459 e. The Labute approximate surface area is 192 Å². The van der Waals surface area contributed by atoms with Gasteiger partial charge in [-0.15, -0.1) is 0 Å². The van der Waals surface area contributed by atoms with E-state index in [4.69, 9.17) is 4.74 Å².